The number of benzene rings is 1. The zero-order valence-electron chi connectivity index (χ0n) is 13.8. The van der Waals surface area contributed by atoms with E-state index in [-0.39, 0.29) is 22.7 Å². The van der Waals surface area contributed by atoms with Crippen LogP contribution in [0.15, 0.2) is 52.3 Å². The molecule has 0 aliphatic heterocycles. The number of hydrazone groups is 1. The summed E-state index contributed by atoms with van der Waals surface area (Å²) in [6.07, 6.45) is 3.69. The Hall–Kier alpha value is -3.46. The first-order chi connectivity index (χ1) is 13.1. The summed E-state index contributed by atoms with van der Waals surface area (Å²) in [5.41, 5.74) is 2.92. The van der Waals surface area contributed by atoms with Gasteiger partial charge in [0.05, 0.1) is 25.8 Å². The third-order valence-electron chi connectivity index (χ3n) is 3.20. The van der Waals surface area contributed by atoms with Crippen LogP contribution >= 0.6 is 11.6 Å². The van der Waals surface area contributed by atoms with Crippen molar-refractivity contribution in [3.63, 3.8) is 0 Å². The molecule has 3 rings (SSSR count). The predicted octanol–water partition coefficient (Wildman–Crippen LogP) is 3.43. The van der Waals surface area contributed by atoms with Crippen molar-refractivity contribution in [3.8, 4) is 17.4 Å². The Kier molecular flexibility index (Phi) is 5.62. The van der Waals surface area contributed by atoms with E-state index in [0.29, 0.717) is 11.3 Å². The van der Waals surface area contributed by atoms with Gasteiger partial charge in [-0.3, -0.25) is 4.79 Å². The molecule has 0 unspecified atom stereocenters. The SMILES string of the molecule is COc1cc(C=NNC(=O)c2ccco2)ccc1Oc1nc(Cl)ncc1F. The fraction of sp³-hybridized carbons (Fsp3) is 0.0588. The lowest BCUT2D eigenvalue weighted by Gasteiger charge is -2.10. The minimum Gasteiger partial charge on any atom is -0.493 e. The molecule has 0 spiro atoms. The number of carbonyl (C=O) groups excluding carboxylic acids is 1. The molecule has 0 saturated carbocycles. The molecule has 0 fully saturated rings. The maximum Gasteiger partial charge on any atom is 0.307 e. The standard InChI is InChI=1S/C17H12ClFN4O4/c1-25-14-7-10(8-21-23-15(24)13-3-2-6-26-13)4-5-12(14)27-16-11(19)9-20-17(18)22-16/h2-9H,1H3,(H,23,24). The first-order valence-corrected chi connectivity index (χ1v) is 7.85. The third-order valence-corrected chi connectivity index (χ3v) is 3.38. The van der Waals surface area contributed by atoms with Crippen LogP contribution < -0.4 is 14.9 Å². The summed E-state index contributed by atoms with van der Waals surface area (Å²) in [5, 5.41) is 3.68. The largest absolute Gasteiger partial charge is 0.493 e. The predicted molar refractivity (Wildman–Crippen MR) is 93.8 cm³/mol. The summed E-state index contributed by atoms with van der Waals surface area (Å²) >= 11 is 5.64. The van der Waals surface area contributed by atoms with Crippen molar-refractivity contribution in [2.24, 2.45) is 5.10 Å². The Bertz CT molecular complexity index is 979. The maximum absolute atomic E-state index is 13.7. The highest BCUT2D eigenvalue weighted by Crippen LogP contribution is 2.32. The minimum absolute atomic E-state index is 0.138. The van der Waals surface area contributed by atoms with E-state index in [0.717, 1.165) is 6.20 Å². The number of hydrogen-bond acceptors (Lipinski definition) is 7. The van der Waals surface area contributed by atoms with E-state index in [2.05, 4.69) is 20.5 Å². The van der Waals surface area contributed by atoms with E-state index in [1.165, 1.54) is 31.7 Å². The van der Waals surface area contributed by atoms with Crippen LogP contribution in [0.1, 0.15) is 16.1 Å². The van der Waals surface area contributed by atoms with Crippen LogP contribution in [-0.2, 0) is 0 Å². The van der Waals surface area contributed by atoms with Gasteiger partial charge in [-0.2, -0.15) is 14.5 Å². The van der Waals surface area contributed by atoms with Gasteiger partial charge in [-0.15, -0.1) is 0 Å². The van der Waals surface area contributed by atoms with Crippen LogP contribution in [-0.4, -0.2) is 29.2 Å². The van der Waals surface area contributed by atoms with Crippen LogP contribution in [0.3, 0.4) is 0 Å². The zero-order chi connectivity index (χ0) is 19.2. The first kappa shape index (κ1) is 18.3. The quantitative estimate of drug-likeness (QED) is 0.393. The fourth-order valence-corrected chi connectivity index (χ4v) is 2.11. The first-order valence-electron chi connectivity index (χ1n) is 7.47. The Morgan fingerprint density at radius 1 is 1.37 bits per heavy atom. The molecule has 0 aliphatic carbocycles. The van der Waals surface area contributed by atoms with Crippen molar-refractivity contribution in [1.29, 1.82) is 0 Å². The highest BCUT2D eigenvalue weighted by molar-refractivity contribution is 6.28. The number of amides is 1. The summed E-state index contributed by atoms with van der Waals surface area (Å²) in [6.45, 7) is 0. The van der Waals surface area contributed by atoms with E-state index in [1.54, 1.807) is 18.2 Å². The normalized spacial score (nSPS) is 10.8. The van der Waals surface area contributed by atoms with E-state index in [1.807, 2.05) is 0 Å². The van der Waals surface area contributed by atoms with Crippen molar-refractivity contribution >= 4 is 23.7 Å². The number of nitrogens with one attached hydrogen (secondary N) is 1. The number of furan rings is 1. The van der Waals surface area contributed by atoms with Gasteiger partial charge < -0.3 is 13.9 Å². The molecular formula is C17H12ClFN4O4. The van der Waals surface area contributed by atoms with E-state index < -0.39 is 11.7 Å². The molecule has 1 amide bonds. The van der Waals surface area contributed by atoms with Crippen molar-refractivity contribution in [2.45, 2.75) is 0 Å². The molecule has 3 aromatic rings. The zero-order valence-corrected chi connectivity index (χ0v) is 14.6. The van der Waals surface area contributed by atoms with Gasteiger partial charge in [-0.05, 0) is 47.5 Å². The summed E-state index contributed by atoms with van der Waals surface area (Å²) in [4.78, 5) is 18.9. The number of halogens is 2. The lowest BCUT2D eigenvalue weighted by atomic mass is 10.2. The van der Waals surface area contributed by atoms with Crippen LogP contribution in [0.4, 0.5) is 4.39 Å². The molecule has 0 bridgehead atoms. The molecule has 0 aliphatic rings. The number of methoxy groups -OCH3 is 1. The Morgan fingerprint density at radius 2 is 2.22 bits per heavy atom. The van der Waals surface area contributed by atoms with Crippen LogP contribution in [0.25, 0.3) is 0 Å². The number of nitrogens with zero attached hydrogens (tertiary/aromatic N) is 3. The molecule has 1 N–H and O–H groups in total. The lowest BCUT2D eigenvalue weighted by Crippen LogP contribution is -2.16. The number of aromatic nitrogens is 2. The summed E-state index contributed by atoms with van der Waals surface area (Å²) in [7, 11) is 1.42. The molecular weight excluding hydrogens is 379 g/mol. The van der Waals surface area contributed by atoms with Gasteiger partial charge in [0.25, 0.3) is 5.88 Å². The van der Waals surface area contributed by atoms with Gasteiger partial charge in [0, 0.05) is 0 Å². The average molecular weight is 391 g/mol. The summed E-state index contributed by atoms with van der Waals surface area (Å²) in [5.74, 6) is -0.945. The lowest BCUT2D eigenvalue weighted by molar-refractivity contribution is 0.0927. The summed E-state index contributed by atoms with van der Waals surface area (Å²) < 4.78 is 29.3. The maximum atomic E-state index is 13.7. The van der Waals surface area contributed by atoms with E-state index in [4.69, 9.17) is 25.5 Å². The highest BCUT2D eigenvalue weighted by atomic mass is 35.5. The van der Waals surface area contributed by atoms with Gasteiger partial charge in [0.2, 0.25) is 11.1 Å². The van der Waals surface area contributed by atoms with Crippen LogP contribution in [0, 0.1) is 5.82 Å². The molecule has 27 heavy (non-hydrogen) atoms. The number of carbonyl (C=O) groups is 1. The topological polar surface area (TPSA) is 98.8 Å². The Labute approximate surface area is 157 Å². The third kappa shape index (κ3) is 4.59. The molecule has 0 atom stereocenters. The molecule has 8 nitrogen and oxygen atoms in total. The minimum atomic E-state index is -0.771. The van der Waals surface area contributed by atoms with E-state index in [9.17, 15) is 9.18 Å². The molecule has 138 valence electrons. The van der Waals surface area contributed by atoms with E-state index >= 15 is 0 Å². The second kappa shape index (κ2) is 8.28. The Balaban J connectivity index is 1.73. The van der Waals surface area contributed by atoms with Crippen LogP contribution in [0.5, 0.6) is 17.4 Å². The second-order valence-electron chi connectivity index (χ2n) is 4.98. The molecule has 2 aromatic heterocycles. The monoisotopic (exact) mass is 390 g/mol. The highest BCUT2D eigenvalue weighted by Gasteiger charge is 2.13. The molecule has 0 radical (unpaired) electrons. The molecule has 2 heterocycles. The number of hydrogen-bond donors (Lipinski definition) is 1. The van der Waals surface area contributed by atoms with Crippen molar-refractivity contribution < 1.29 is 23.1 Å². The smallest absolute Gasteiger partial charge is 0.307 e. The number of ether oxygens (including phenoxy) is 2. The van der Waals surface area contributed by atoms with Gasteiger partial charge in [0.1, 0.15) is 0 Å². The molecule has 0 saturated heterocycles. The Morgan fingerprint density at radius 3 is 2.96 bits per heavy atom. The number of rotatable bonds is 6. The van der Waals surface area contributed by atoms with Crippen molar-refractivity contribution in [1.82, 2.24) is 15.4 Å². The average Bonchev–Trinajstić information content (AvgIpc) is 3.20. The van der Waals surface area contributed by atoms with Crippen LogP contribution in [0.2, 0.25) is 5.28 Å². The van der Waals surface area contributed by atoms with Crippen molar-refractivity contribution in [3.05, 3.63) is 65.2 Å². The van der Waals surface area contributed by atoms with Crippen molar-refractivity contribution in [2.75, 3.05) is 7.11 Å². The van der Waals surface area contributed by atoms with Gasteiger partial charge in [0.15, 0.2) is 17.3 Å². The molecule has 10 heteroatoms. The van der Waals surface area contributed by atoms with Gasteiger partial charge >= 0.3 is 5.91 Å². The van der Waals surface area contributed by atoms with Gasteiger partial charge in [-0.25, -0.2) is 10.4 Å². The van der Waals surface area contributed by atoms with Gasteiger partial charge in [-0.1, -0.05) is 0 Å². The fourth-order valence-electron chi connectivity index (χ4n) is 1.98. The second-order valence-corrected chi connectivity index (χ2v) is 5.32. The molecule has 1 aromatic carbocycles. The summed E-state index contributed by atoms with van der Waals surface area (Å²) in [6, 6.07) is 7.85.